The summed E-state index contributed by atoms with van der Waals surface area (Å²) >= 11 is 0. The van der Waals surface area contributed by atoms with Crippen LogP contribution in [-0.2, 0) is 4.74 Å². The van der Waals surface area contributed by atoms with Gasteiger partial charge in [-0.05, 0) is 81.6 Å². The average Bonchev–Trinajstić information content (AvgIpc) is 3.12. The quantitative estimate of drug-likeness (QED) is 0.609. The molecule has 9 atom stereocenters. The summed E-state index contributed by atoms with van der Waals surface area (Å²) in [5.41, 5.74) is 1.27. The molecule has 4 nitrogen and oxygen atoms in total. The third-order valence-electron chi connectivity index (χ3n) is 9.01. The van der Waals surface area contributed by atoms with E-state index in [4.69, 9.17) is 4.74 Å². The van der Waals surface area contributed by atoms with Gasteiger partial charge in [0, 0.05) is 12.3 Å². The Labute approximate surface area is 176 Å². The zero-order chi connectivity index (χ0) is 21.2. The zero-order valence-corrected chi connectivity index (χ0v) is 18.8. The van der Waals surface area contributed by atoms with Crippen molar-refractivity contribution < 1.29 is 20.1 Å². The van der Waals surface area contributed by atoms with Gasteiger partial charge in [0.05, 0.1) is 30.0 Å². The number of aliphatic hydroxyl groups excluding tert-OH is 2. The third-order valence-corrected chi connectivity index (χ3v) is 9.01. The molecule has 0 amide bonds. The number of fused-ring (bicyclic) bond motifs is 3. The Morgan fingerprint density at radius 1 is 1.24 bits per heavy atom. The molecule has 1 saturated heterocycles. The number of hydrogen-bond donors (Lipinski definition) is 3. The highest BCUT2D eigenvalue weighted by atomic mass is 16.5. The summed E-state index contributed by atoms with van der Waals surface area (Å²) in [7, 11) is 0. The van der Waals surface area contributed by atoms with Gasteiger partial charge in [0.15, 0.2) is 0 Å². The molecule has 0 bridgehead atoms. The molecule has 29 heavy (non-hydrogen) atoms. The fraction of sp³-hybridized carbons (Fsp3) is 0.840. The van der Waals surface area contributed by atoms with E-state index in [9.17, 15) is 15.3 Å². The van der Waals surface area contributed by atoms with Crippen LogP contribution in [0.4, 0.5) is 0 Å². The number of allylic oxidation sites excluding steroid dienone is 2. The van der Waals surface area contributed by atoms with E-state index in [0.29, 0.717) is 18.3 Å². The summed E-state index contributed by atoms with van der Waals surface area (Å²) in [6, 6.07) is 0. The van der Waals surface area contributed by atoms with Crippen molar-refractivity contribution in [2.45, 2.75) is 96.6 Å². The Morgan fingerprint density at radius 2 is 1.97 bits per heavy atom. The van der Waals surface area contributed by atoms with E-state index in [-0.39, 0.29) is 35.6 Å². The van der Waals surface area contributed by atoms with Crippen molar-refractivity contribution in [2.24, 2.45) is 29.1 Å². The smallest absolute Gasteiger partial charge is 0.0769 e. The lowest BCUT2D eigenvalue weighted by molar-refractivity contribution is -0.0947. The molecule has 4 heteroatoms. The first-order valence-electron chi connectivity index (χ1n) is 11.6. The SMILES string of the molecule is CC(C)=CC1C[C@H](C)[C@]2(CC[C@]3(C)C[C@H]4[C@@H](/C(CO)=C\C[C@H]32)[C@@H](O)C[C@@]4(C)O)O1. The van der Waals surface area contributed by atoms with E-state index in [1.807, 2.05) is 6.92 Å². The Balaban J connectivity index is 1.72. The largest absolute Gasteiger partial charge is 0.392 e. The zero-order valence-electron chi connectivity index (χ0n) is 18.8. The lowest BCUT2D eigenvalue weighted by atomic mass is 9.62. The van der Waals surface area contributed by atoms with Gasteiger partial charge in [0.2, 0.25) is 0 Å². The van der Waals surface area contributed by atoms with E-state index in [2.05, 4.69) is 39.8 Å². The summed E-state index contributed by atoms with van der Waals surface area (Å²) in [6.07, 6.45) is 9.45. The van der Waals surface area contributed by atoms with Gasteiger partial charge in [0.1, 0.15) is 0 Å². The molecule has 3 fully saturated rings. The fourth-order valence-electron chi connectivity index (χ4n) is 7.63. The molecule has 0 aromatic heterocycles. The van der Waals surface area contributed by atoms with Gasteiger partial charge in [-0.25, -0.2) is 0 Å². The summed E-state index contributed by atoms with van der Waals surface area (Å²) in [6.45, 7) is 10.8. The first-order chi connectivity index (χ1) is 13.5. The summed E-state index contributed by atoms with van der Waals surface area (Å²) in [4.78, 5) is 0. The van der Waals surface area contributed by atoms with Crippen molar-refractivity contribution in [1.82, 2.24) is 0 Å². The second-order valence-electron chi connectivity index (χ2n) is 11.3. The van der Waals surface area contributed by atoms with Gasteiger partial charge < -0.3 is 20.1 Å². The molecule has 1 heterocycles. The van der Waals surface area contributed by atoms with E-state index >= 15 is 0 Å². The lowest BCUT2D eigenvalue weighted by Crippen LogP contribution is -2.46. The minimum Gasteiger partial charge on any atom is -0.392 e. The van der Waals surface area contributed by atoms with Gasteiger partial charge in [0.25, 0.3) is 0 Å². The Kier molecular flexibility index (Phi) is 5.34. The van der Waals surface area contributed by atoms with E-state index < -0.39 is 11.7 Å². The number of aliphatic hydroxyl groups is 3. The van der Waals surface area contributed by atoms with Crippen molar-refractivity contribution in [2.75, 3.05) is 6.61 Å². The highest BCUT2D eigenvalue weighted by molar-refractivity contribution is 5.23. The standard InChI is InChI=1S/C25H40O4/c1-15(2)10-18-11-16(3)25(29-18)9-8-23(4)12-19-22(20(27)13-24(19,5)28)17(14-26)6-7-21(23)25/h6,10,16,18-22,26-28H,7-9,11-14H2,1-5H3/b17-6-/t16-,18?,19-,20-,21+,22+,23+,24+,25-/m0/s1. The molecular weight excluding hydrogens is 364 g/mol. The third kappa shape index (κ3) is 3.35. The van der Waals surface area contributed by atoms with Crippen molar-refractivity contribution in [3.05, 3.63) is 23.3 Å². The Morgan fingerprint density at radius 3 is 2.62 bits per heavy atom. The molecule has 1 spiro atoms. The van der Waals surface area contributed by atoms with Crippen LogP contribution in [-0.4, -0.2) is 45.3 Å². The van der Waals surface area contributed by atoms with Gasteiger partial charge in [-0.1, -0.05) is 31.6 Å². The van der Waals surface area contributed by atoms with E-state index in [1.165, 1.54) is 5.57 Å². The van der Waals surface area contributed by atoms with Crippen LogP contribution in [0.2, 0.25) is 0 Å². The number of rotatable bonds is 2. The molecule has 0 radical (unpaired) electrons. The van der Waals surface area contributed by atoms with Crippen molar-refractivity contribution >= 4 is 0 Å². The average molecular weight is 405 g/mol. The Bertz CT molecular complexity index is 706. The molecule has 4 aliphatic rings. The Hall–Kier alpha value is -0.680. The van der Waals surface area contributed by atoms with Gasteiger partial charge in [-0.3, -0.25) is 0 Å². The molecule has 164 valence electrons. The van der Waals surface area contributed by atoms with E-state index in [0.717, 1.165) is 37.7 Å². The van der Waals surface area contributed by atoms with Crippen LogP contribution in [0, 0.1) is 29.1 Å². The minimum absolute atomic E-state index is 0.0239. The highest BCUT2D eigenvalue weighted by Crippen LogP contribution is 2.64. The minimum atomic E-state index is -0.897. The first-order valence-corrected chi connectivity index (χ1v) is 11.6. The van der Waals surface area contributed by atoms with Crippen molar-refractivity contribution in [3.63, 3.8) is 0 Å². The van der Waals surface area contributed by atoms with Gasteiger partial charge >= 0.3 is 0 Å². The monoisotopic (exact) mass is 404 g/mol. The summed E-state index contributed by atoms with van der Waals surface area (Å²) < 4.78 is 6.84. The van der Waals surface area contributed by atoms with Crippen molar-refractivity contribution in [3.8, 4) is 0 Å². The maximum absolute atomic E-state index is 11.2. The molecule has 2 saturated carbocycles. The summed E-state index contributed by atoms with van der Waals surface area (Å²) in [5, 5.41) is 32.0. The number of ether oxygens (including phenoxy) is 1. The van der Waals surface area contributed by atoms with Crippen LogP contribution in [0.5, 0.6) is 0 Å². The fourth-order valence-corrected chi connectivity index (χ4v) is 7.63. The predicted octanol–water partition coefficient (Wildman–Crippen LogP) is 3.99. The number of hydrogen-bond acceptors (Lipinski definition) is 4. The lowest BCUT2D eigenvalue weighted by Gasteiger charge is -2.46. The maximum atomic E-state index is 11.2. The van der Waals surface area contributed by atoms with Gasteiger partial charge in [-0.2, -0.15) is 0 Å². The second kappa shape index (κ2) is 7.19. The predicted molar refractivity (Wildman–Crippen MR) is 114 cm³/mol. The second-order valence-corrected chi connectivity index (χ2v) is 11.3. The maximum Gasteiger partial charge on any atom is 0.0769 e. The van der Waals surface area contributed by atoms with Crippen LogP contribution in [0.3, 0.4) is 0 Å². The van der Waals surface area contributed by atoms with Crippen LogP contribution >= 0.6 is 0 Å². The summed E-state index contributed by atoms with van der Waals surface area (Å²) in [5.74, 6) is 0.705. The van der Waals surface area contributed by atoms with Crippen molar-refractivity contribution in [1.29, 1.82) is 0 Å². The van der Waals surface area contributed by atoms with Gasteiger partial charge in [-0.15, -0.1) is 0 Å². The van der Waals surface area contributed by atoms with E-state index in [1.54, 1.807) is 0 Å². The topological polar surface area (TPSA) is 69.9 Å². The van der Waals surface area contributed by atoms with Crippen LogP contribution in [0.1, 0.15) is 73.1 Å². The molecule has 0 aromatic carbocycles. The first kappa shape index (κ1) is 21.5. The molecule has 4 rings (SSSR count). The molecule has 0 aromatic rings. The van der Waals surface area contributed by atoms with Crippen LogP contribution < -0.4 is 0 Å². The normalized spacial score (nSPS) is 53.7. The van der Waals surface area contributed by atoms with Crippen LogP contribution in [0.25, 0.3) is 0 Å². The van der Waals surface area contributed by atoms with Crippen LogP contribution in [0.15, 0.2) is 23.3 Å². The molecule has 3 N–H and O–H groups in total. The molecule has 1 unspecified atom stereocenters. The highest BCUT2D eigenvalue weighted by Gasteiger charge is 2.63. The molecular formula is C25H40O4. The molecule has 1 aliphatic heterocycles. The molecule has 3 aliphatic carbocycles.